The van der Waals surface area contributed by atoms with Gasteiger partial charge in [0.1, 0.15) is 5.69 Å². The van der Waals surface area contributed by atoms with Gasteiger partial charge in [-0.25, -0.2) is 4.68 Å². The molecule has 1 aromatic heterocycles. The van der Waals surface area contributed by atoms with Crippen LogP contribution in [0.4, 0.5) is 5.69 Å². The van der Waals surface area contributed by atoms with Crippen molar-refractivity contribution in [3.8, 4) is 5.69 Å². The summed E-state index contributed by atoms with van der Waals surface area (Å²) in [6.07, 6.45) is 0.718. The maximum Gasteiger partial charge on any atom is 0.294 e. The SMILES string of the molecule is CC(C)Cc1[nH]n(-c2ccc(Cl)c(Cl)c2)c(=O)c1N. The Morgan fingerprint density at radius 3 is 2.58 bits per heavy atom. The van der Waals surface area contributed by atoms with E-state index in [0.29, 0.717) is 21.7 Å². The van der Waals surface area contributed by atoms with Crippen molar-refractivity contribution >= 4 is 28.9 Å². The van der Waals surface area contributed by atoms with Crippen molar-refractivity contribution in [2.45, 2.75) is 20.3 Å². The van der Waals surface area contributed by atoms with Crippen LogP contribution in [0, 0.1) is 5.92 Å². The van der Waals surface area contributed by atoms with Gasteiger partial charge in [-0.2, -0.15) is 0 Å². The van der Waals surface area contributed by atoms with Crippen LogP contribution in [0.15, 0.2) is 23.0 Å². The summed E-state index contributed by atoms with van der Waals surface area (Å²) in [5, 5.41) is 3.86. The zero-order valence-electron chi connectivity index (χ0n) is 10.7. The summed E-state index contributed by atoms with van der Waals surface area (Å²) in [7, 11) is 0. The molecule has 0 amide bonds. The van der Waals surface area contributed by atoms with Gasteiger partial charge in [-0.15, -0.1) is 0 Å². The minimum atomic E-state index is -0.269. The van der Waals surface area contributed by atoms with Gasteiger partial charge in [-0.05, 0) is 30.5 Å². The second-order valence-corrected chi connectivity index (χ2v) is 5.66. The Kier molecular flexibility index (Phi) is 3.92. The van der Waals surface area contributed by atoms with Crippen molar-refractivity contribution in [3.05, 3.63) is 44.3 Å². The Bertz CT molecular complexity index is 658. The fourth-order valence-electron chi connectivity index (χ4n) is 1.87. The molecular weight excluding hydrogens is 285 g/mol. The number of H-pyrrole nitrogens is 1. The lowest BCUT2D eigenvalue weighted by atomic mass is 10.1. The Morgan fingerprint density at radius 1 is 1.32 bits per heavy atom. The minimum absolute atomic E-state index is 0.250. The first-order chi connectivity index (χ1) is 8.90. The number of hydrogen-bond acceptors (Lipinski definition) is 2. The van der Waals surface area contributed by atoms with E-state index in [1.807, 2.05) is 0 Å². The summed E-state index contributed by atoms with van der Waals surface area (Å²) in [6.45, 7) is 4.13. The zero-order chi connectivity index (χ0) is 14.2. The highest BCUT2D eigenvalue weighted by Crippen LogP contribution is 2.24. The van der Waals surface area contributed by atoms with Gasteiger partial charge in [0, 0.05) is 0 Å². The first-order valence-corrected chi connectivity index (χ1v) is 6.70. The van der Waals surface area contributed by atoms with E-state index < -0.39 is 0 Å². The number of nitrogen functional groups attached to an aromatic ring is 1. The number of nitrogens with zero attached hydrogens (tertiary/aromatic N) is 1. The first-order valence-electron chi connectivity index (χ1n) is 5.95. The Labute approximate surface area is 121 Å². The Hall–Kier alpha value is -1.39. The van der Waals surface area contributed by atoms with Crippen LogP contribution in [-0.2, 0) is 6.42 Å². The van der Waals surface area contributed by atoms with Gasteiger partial charge in [-0.3, -0.25) is 9.89 Å². The molecule has 0 saturated carbocycles. The molecule has 0 saturated heterocycles. The second kappa shape index (κ2) is 5.31. The van der Waals surface area contributed by atoms with Gasteiger partial charge in [0.05, 0.1) is 21.4 Å². The molecule has 0 fully saturated rings. The van der Waals surface area contributed by atoms with E-state index in [1.165, 1.54) is 4.68 Å². The maximum atomic E-state index is 12.1. The van der Waals surface area contributed by atoms with E-state index in [0.717, 1.165) is 12.1 Å². The van der Waals surface area contributed by atoms with Gasteiger partial charge in [0.15, 0.2) is 0 Å². The van der Waals surface area contributed by atoms with Crippen LogP contribution in [0.25, 0.3) is 5.69 Å². The predicted molar refractivity (Wildman–Crippen MR) is 79.4 cm³/mol. The first kappa shape index (κ1) is 14.0. The third-order valence-electron chi connectivity index (χ3n) is 2.78. The Morgan fingerprint density at radius 2 is 2.00 bits per heavy atom. The van der Waals surface area contributed by atoms with Crippen molar-refractivity contribution in [2.24, 2.45) is 5.92 Å². The van der Waals surface area contributed by atoms with E-state index in [9.17, 15) is 4.79 Å². The zero-order valence-corrected chi connectivity index (χ0v) is 12.2. The molecule has 0 unspecified atom stereocenters. The lowest BCUT2D eigenvalue weighted by Crippen LogP contribution is -2.16. The lowest BCUT2D eigenvalue weighted by molar-refractivity contribution is 0.628. The Balaban J connectivity index is 2.51. The van der Waals surface area contributed by atoms with Gasteiger partial charge in [0.25, 0.3) is 5.56 Å². The fraction of sp³-hybridized carbons (Fsp3) is 0.308. The summed E-state index contributed by atoms with van der Waals surface area (Å²) in [5.74, 6) is 0.405. The van der Waals surface area contributed by atoms with Gasteiger partial charge >= 0.3 is 0 Å². The molecule has 102 valence electrons. The third kappa shape index (κ3) is 2.80. The molecule has 0 atom stereocenters. The van der Waals surface area contributed by atoms with Crippen LogP contribution in [-0.4, -0.2) is 9.78 Å². The molecule has 0 aliphatic heterocycles. The number of hydrogen-bond donors (Lipinski definition) is 2. The third-order valence-corrected chi connectivity index (χ3v) is 3.52. The fourth-order valence-corrected chi connectivity index (χ4v) is 2.16. The molecule has 2 aromatic rings. The smallest absolute Gasteiger partial charge is 0.294 e. The summed E-state index contributed by atoms with van der Waals surface area (Å²) >= 11 is 11.8. The van der Waals surface area contributed by atoms with E-state index in [2.05, 4.69) is 18.9 Å². The van der Waals surface area contributed by atoms with E-state index in [-0.39, 0.29) is 11.2 Å². The molecule has 19 heavy (non-hydrogen) atoms. The topological polar surface area (TPSA) is 63.8 Å². The maximum absolute atomic E-state index is 12.1. The molecule has 0 aliphatic rings. The molecule has 0 spiro atoms. The standard InChI is InChI=1S/C13H15Cl2N3O/c1-7(2)5-11-12(16)13(19)18(17-11)8-3-4-9(14)10(15)6-8/h3-4,6-7,17H,5,16H2,1-2H3. The molecule has 3 N–H and O–H groups in total. The summed E-state index contributed by atoms with van der Waals surface area (Å²) in [5.41, 5.74) is 7.17. The quantitative estimate of drug-likeness (QED) is 0.914. The highest BCUT2D eigenvalue weighted by Gasteiger charge is 2.14. The molecule has 1 heterocycles. The molecule has 1 aromatic carbocycles. The van der Waals surface area contributed by atoms with Crippen LogP contribution in [0.2, 0.25) is 10.0 Å². The van der Waals surface area contributed by atoms with Crippen molar-refractivity contribution in [3.63, 3.8) is 0 Å². The van der Waals surface area contributed by atoms with Gasteiger partial charge in [0.2, 0.25) is 0 Å². The number of anilines is 1. The van der Waals surface area contributed by atoms with Gasteiger partial charge in [-0.1, -0.05) is 37.0 Å². The molecule has 0 radical (unpaired) electrons. The second-order valence-electron chi connectivity index (χ2n) is 4.84. The molecule has 6 heteroatoms. The number of aromatic nitrogens is 2. The van der Waals surface area contributed by atoms with Crippen LogP contribution in [0.3, 0.4) is 0 Å². The number of nitrogens with one attached hydrogen (secondary N) is 1. The van der Waals surface area contributed by atoms with Gasteiger partial charge < -0.3 is 5.73 Å². The van der Waals surface area contributed by atoms with E-state index in [1.54, 1.807) is 18.2 Å². The minimum Gasteiger partial charge on any atom is -0.393 e. The van der Waals surface area contributed by atoms with Crippen LogP contribution in [0.1, 0.15) is 19.5 Å². The van der Waals surface area contributed by atoms with Crippen molar-refractivity contribution in [1.82, 2.24) is 9.78 Å². The monoisotopic (exact) mass is 299 g/mol. The largest absolute Gasteiger partial charge is 0.393 e. The van der Waals surface area contributed by atoms with Crippen LogP contribution in [0.5, 0.6) is 0 Å². The number of aromatic amines is 1. The van der Waals surface area contributed by atoms with Crippen molar-refractivity contribution < 1.29 is 0 Å². The molecule has 2 rings (SSSR count). The highest BCUT2D eigenvalue weighted by molar-refractivity contribution is 6.42. The summed E-state index contributed by atoms with van der Waals surface area (Å²) in [6, 6.07) is 4.98. The number of halogens is 2. The van der Waals surface area contributed by atoms with Crippen molar-refractivity contribution in [2.75, 3.05) is 5.73 Å². The van der Waals surface area contributed by atoms with Crippen LogP contribution >= 0.6 is 23.2 Å². The molecule has 0 bridgehead atoms. The average molecular weight is 300 g/mol. The molecular formula is C13H15Cl2N3O. The van der Waals surface area contributed by atoms with Crippen LogP contribution < -0.4 is 11.3 Å². The summed E-state index contributed by atoms with van der Waals surface area (Å²) < 4.78 is 1.38. The molecule has 4 nitrogen and oxygen atoms in total. The lowest BCUT2D eigenvalue weighted by Gasteiger charge is -2.04. The summed E-state index contributed by atoms with van der Waals surface area (Å²) in [4.78, 5) is 12.1. The normalized spacial score (nSPS) is 11.2. The number of benzene rings is 1. The predicted octanol–water partition coefficient (Wildman–Crippen LogP) is 3.25. The molecule has 0 aliphatic carbocycles. The van der Waals surface area contributed by atoms with Crippen molar-refractivity contribution in [1.29, 1.82) is 0 Å². The van der Waals surface area contributed by atoms with E-state index in [4.69, 9.17) is 28.9 Å². The number of nitrogens with two attached hydrogens (primary N) is 1. The van der Waals surface area contributed by atoms with E-state index >= 15 is 0 Å². The average Bonchev–Trinajstić information content (AvgIpc) is 2.60. The highest BCUT2D eigenvalue weighted by atomic mass is 35.5. The number of rotatable bonds is 3.